The van der Waals surface area contributed by atoms with Crippen LogP contribution in [0.5, 0.6) is 0 Å². The van der Waals surface area contributed by atoms with Crippen LogP contribution in [0.2, 0.25) is 0 Å². The highest BCUT2D eigenvalue weighted by Crippen LogP contribution is 2.24. The number of nitrogens with one attached hydrogen (secondary N) is 1. The molecule has 0 aromatic rings. The van der Waals surface area contributed by atoms with Crippen molar-refractivity contribution < 1.29 is 0 Å². The predicted molar refractivity (Wildman–Crippen MR) is 60.4 cm³/mol. The SMILES string of the molecule is CC(C)C1CN(CCC2CCNC2)C1. The van der Waals surface area contributed by atoms with Crippen molar-refractivity contribution in [2.45, 2.75) is 26.7 Å². The second kappa shape index (κ2) is 4.63. The third-order valence-corrected chi connectivity index (χ3v) is 3.94. The minimum Gasteiger partial charge on any atom is -0.316 e. The average molecular weight is 196 g/mol. The molecule has 1 unspecified atom stereocenters. The maximum absolute atomic E-state index is 3.44. The summed E-state index contributed by atoms with van der Waals surface area (Å²) in [6, 6.07) is 0. The van der Waals surface area contributed by atoms with Crippen LogP contribution >= 0.6 is 0 Å². The van der Waals surface area contributed by atoms with E-state index in [0.717, 1.165) is 17.8 Å². The van der Waals surface area contributed by atoms with Gasteiger partial charge >= 0.3 is 0 Å². The van der Waals surface area contributed by atoms with Gasteiger partial charge in [0.05, 0.1) is 0 Å². The molecule has 2 heterocycles. The molecule has 0 aromatic carbocycles. The van der Waals surface area contributed by atoms with E-state index in [1.165, 1.54) is 45.6 Å². The fourth-order valence-corrected chi connectivity index (χ4v) is 2.54. The first-order valence-electron chi connectivity index (χ1n) is 6.19. The topological polar surface area (TPSA) is 15.3 Å². The standard InChI is InChI=1S/C12H24N2/c1-10(2)12-8-14(9-12)6-4-11-3-5-13-7-11/h10-13H,3-9H2,1-2H3. The molecule has 2 saturated heterocycles. The molecule has 0 aromatic heterocycles. The van der Waals surface area contributed by atoms with Gasteiger partial charge in [0, 0.05) is 13.1 Å². The highest BCUT2D eigenvalue weighted by Gasteiger charge is 2.29. The Balaban J connectivity index is 1.55. The smallest absolute Gasteiger partial charge is 0.00245 e. The number of hydrogen-bond acceptors (Lipinski definition) is 2. The van der Waals surface area contributed by atoms with Gasteiger partial charge in [-0.05, 0) is 50.2 Å². The lowest BCUT2D eigenvalue weighted by molar-refractivity contribution is 0.0638. The van der Waals surface area contributed by atoms with E-state index in [9.17, 15) is 0 Å². The van der Waals surface area contributed by atoms with Crippen LogP contribution in [0.25, 0.3) is 0 Å². The van der Waals surface area contributed by atoms with Crippen LogP contribution in [0.4, 0.5) is 0 Å². The molecule has 0 spiro atoms. The second-order valence-corrected chi connectivity index (χ2v) is 5.41. The van der Waals surface area contributed by atoms with E-state index in [1.807, 2.05) is 0 Å². The summed E-state index contributed by atoms with van der Waals surface area (Å²) in [5.74, 6) is 2.84. The maximum Gasteiger partial charge on any atom is 0.00245 e. The van der Waals surface area contributed by atoms with Crippen molar-refractivity contribution in [3.63, 3.8) is 0 Å². The molecule has 2 aliphatic heterocycles. The minimum atomic E-state index is 0.888. The van der Waals surface area contributed by atoms with E-state index < -0.39 is 0 Å². The highest BCUT2D eigenvalue weighted by molar-refractivity contribution is 4.83. The summed E-state index contributed by atoms with van der Waals surface area (Å²) < 4.78 is 0. The Kier molecular flexibility index (Phi) is 3.45. The first-order valence-corrected chi connectivity index (χ1v) is 6.19. The summed E-state index contributed by atoms with van der Waals surface area (Å²) in [6.45, 7) is 11.3. The Labute approximate surface area is 88.1 Å². The van der Waals surface area contributed by atoms with Gasteiger partial charge in [-0.2, -0.15) is 0 Å². The van der Waals surface area contributed by atoms with Crippen LogP contribution in [0.3, 0.4) is 0 Å². The van der Waals surface area contributed by atoms with Gasteiger partial charge in [-0.3, -0.25) is 0 Å². The van der Waals surface area contributed by atoms with Crippen LogP contribution in [0.15, 0.2) is 0 Å². The summed E-state index contributed by atoms with van der Waals surface area (Å²) in [6.07, 6.45) is 2.82. The quantitative estimate of drug-likeness (QED) is 0.734. The average Bonchev–Trinajstić information content (AvgIpc) is 2.52. The van der Waals surface area contributed by atoms with Crippen molar-refractivity contribution in [1.82, 2.24) is 10.2 Å². The predicted octanol–water partition coefficient (Wildman–Crippen LogP) is 1.57. The number of nitrogens with zero attached hydrogens (tertiary/aromatic N) is 1. The van der Waals surface area contributed by atoms with E-state index in [1.54, 1.807) is 0 Å². The number of likely N-dealkylation sites (tertiary alicyclic amines) is 1. The van der Waals surface area contributed by atoms with Gasteiger partial charge in [-0.15, -0.1) is 0 Å². The summed E-state index contributed by atoms with van der Waals surface area (Å²) in [5.41, 5.74) is 0. The third kappa shape index (κ3) is 2.48. The number of rotatable bonds is 4. The molecule has 2 rings (SSSR count). The lowest BCUT2D eigenvalue weighted by Crippen LogP contribution is -2.49. The van der Waals surface area contributed by atoms with Crippen molar-refractivity contribution in [2.24, 2.45) is 17.8 Å². The summed E-state index contributed by atoms with van der Waals surface area (Å²) in [7, 11) is 0. The van der Waals surface area contributed by atoms with E-state index in [-0.39, 0.29) is 0 Å². The minimum absolute atomic E-state index is 0.888. The largest absolute Gasteiger partial charge is 0.316 e. The fraction of sp³-hybridized carbons (Fsp3) is 1.00. The molecule has 0 saturated carbocycles. The van der Waals surface area contributed by atoms with Crippen molar-refractivity contribution in [1.29, 1.82) is 0 Å². The van der Waals surface area contributed by atoms with Crippen molar-refractivity contribution in [3.05, 3.63) is 0 Å². The van der Waals surface area contributed by atoms with Crippen LogP contribution in [0.1, 0.15) is 26.7 Å². The summed E-state index contributed by atoms with van der Waals surface area (Å²) in [5, 5.41) is 3.44. The fourth-order valence-electron chi connectivity index (χ4n) is 2.54. The van der Waals surface area contributed by atoms with Crippen LogP contribution in [-0.4, -0.2) is 37.6 Å². The summed E-state index contributed by atoms with van der Waals surface area (Å²) in [4.78, 5) is 2.63. The van der Waals surface area contributed by atoms with Crippen molar-refractivity contribution >= 4 is 0 Å². The van der Waals surface area contributed by atoms with Gasteiger partial charge in [0.15, 0.2) is 0 Å². The molecule has 2 fully saturated rings. The first kappa shape index (κ1) is 10.4. The molecule has 14 heavy (non-hydrogen) atoms. The molecule has 0 bridgehead atoms. The molecule has 0 amide bonds. The third-order valence-electron chi connectivity index (χ3n) is 3.94. The molecule has 2 aliphatic rings. The second-order valence-electron chi connectivity index (χ2n) is 5.41. The van der Waals surface area contributed by atoms with Gasteiger partial charge in [0.25, 0.3) is 0 Å². The zero-order valence-electron chi connectivity index (χ0n) is 9.63. The van der Waals surface area contributed by atoms with Gasteiger partial charge in [0.2, 0.25) is 0 Å². The number of hydrogen-bond donors (Lipinski definition) is 1. The zero-order valence-corrected chi connectivity index (χ0v) is 9.63. The molecule has 2 nitrogen and oxygen atoms in total. The van der Waals surface area contributed by atoms with Crippen LogP contribution in [0, 0.1) is 17.8 Å². The van der Waals surface area contributed by atoms with Gasteiger partial charge in [-0.1, -0.05) is 13.8 Å². The molecular weight excluding hydrogens is 172 g/mol. The first-order chi connectivity index (χ1) is 6.75. The molecule has 82 valence electrons. The molecule has 2 heteroatoms. The summed E-state index contributed by atoms with van der Waals surface area (Å²) >= 11 is 0. The van der Waals surface area contributed by atoms with Gasteiger partial charge in [0.1, 0.15) is 0 Å². The van der Waals surface area contributed by atoms with E-state index >= 15 is 0 Å². The van der Waals surface area contributed by atoms with Gasteiger partial charge in [-0.25, -0.2) is 0 Å². The Morgan fingerprint density at radius 2 is 2.14 bits per heavy atom. The normalized spacial score (nSPS) is 29.8. The Bertz CT molecular complexity index is 167. The van der Waals surface area contributed by atoms with Crippen LogP contribution in [-0.2, 0) is 0 Å². The van der Waals surface area contributed by atoms with E-state index in [2.05, 4.69) is 24.1 Å². The van der Waals surface area contributed by atoms with Crippen LogP contribution < -0.4 is 5.32 Å². The van der Waals surface area contributed by atoms with E-state index in [0.29, 0.717) is 0 Å². The monoisotopic (exact) mass is 196 g/mol. The van der Waals surface area contributed by atoms with E-state index in [4.69, 9.17) is 0 Å². The zero-order chi connectivity index (χ0) is 9.97. The lowest BCUT2D eigenvalue weighted by Gasteiger charge is -2.42. The Morgan fingerprint density at radius 3 is 2.71 bits per heavy atom. The van der Waals surface area contributed by atoms with Gasteiger partial charge < -0.3 is 10.2 Å². The lowest BCUT2D eigenvalue weighted by atomic mass is 9.88. The maximum atomic E-state index is 3.44. The van der Waals surface area contributed by atoms with Crippen molar-refractivity contribution in [3.8, 4) is 0 Å². The molecule has 1 N–H and O–H groups in total. The Hall–Kier alpha value is -0.0800. The highest BCUT2D eigenvalue weighted by atomic mass is 15.2. The Morgan fingerprint density at radius 1 is 1.36 bits per heavy atom. The molecule has 0 aliphatic carbocycles. The molecule has 0 radical (unpaired) electrons. The molecular formula is C12H24N2. The van der Waals surface area contributed by atoms with Crippen molar-refractivity contribution in [2.75, 3.05) is 32.7 Å². The molecule has 1 atom stereocenters.